The van der Waals surface area contributed by atoms with Crippen molar-refractivity contribution in [2.45, 2.75) is 52.1 Å². The fourth-order valence-corrected chi connectivity index (χ4v) is 3.82. The van der Waals surface area contributed by atoms with Crippen LogP contribution in [-0.2, 0) is 0 Å². The largest absolute Gasteiger partial charge is 0.366 e. The van der Waals surface area contributed by atoms with Gasteiger partial charge in [-0.05, 0) is 51.8 Å². The van der Waals surface area contributed by atoms with Crippen molar-refractivity contribution in [3.8, 4) is 0 Å². The van der Waals surface area contributed by atoms with Gasteiger partial charge >= 0.3 is 0 Å². The summed E-state index contributed by atoms with van der Waals surface area (Å²) in [5, 5.41) is 0. The van der Waals surface area contributed by atoms with Crippen molar-refractivity contribution in [3.05, 3.63) is 29.3 Å². The number of anilines is 1. The highest BCUT2D eigenvalue weighted by atomic mass is 15.3. The molecule has 0 spiro atoms. The highest BCUT2D eigenvalue weighted by molar-refractivity contribution is 5.55. The SMILES string of the molecule is Cc1ccc(N2CC3CCCCN3CC2C)c(C)c1. The van der Waals surface area contributed by atoms with E-state index in [1.165, 1.54) is 55.7 Å². The van der Waals surface area contributed by atoms with Crippen LogP contribution in [0.4, 0.5) is 5.69 Å². The second-order valence-electron chi connectivity index (χ2n) is 6.44. The number of hydrogen-bond donors (Lipinski definition) is 0. The van der Waals surface area contributed by atoms with E-state index in [9.17, 15) is 0 Å². The molecule has 0 amide bonds. The Labute approximate surface area is 117 Å². The molecule has 104 valence electrons. The minimum Gasteiger partial charge on any atom is -0.366 e. The van der Waals surface area contributed by atoms with E-state index in [-0.39, 0.29) is 0 Å². The van der Waals surface area contributed by atoms with Crippen LogP contribution >= 0.6 is 0 Å². The van der Waals surface area contributed by atoms with E-state index in [1.54, 1.807) is 0 Å². The Morgan fingerprint density at radius 1 is 1.11 bits per heavy atom. The molecule has 1 aromatic rings. The van der Waals surface area contributed by atoms with Crippen molar-refractivity contribution in [1.29, 1.82) is 0 Å². The molecule has 2 heterocycles. The summed E-state index contributed by atoms with van der Waals surface area (Å²) in [6.07, 6.45) is 4.19. The first-order valence-corrected chi connectivity index (χ1v) is 7.73. The number of fused-ring (bicyclic) bond motifs is 1. The number of benzene rings is 1. The molecule has 1 aromatic carbocycles. The van der Waals surface area contributed by atoms with Crippen molar-refractivity contribution in [2.75, 3.05) is 24.5 Å². The third-order valence-electron chi connectivity index (χ3n) is 4.85. The summed E-state index contributed by atoms with van der Waals surface area (Å²) in [4.78, 5) is 5.36. The Bertz CT molecular complexity index is 455. The van der Waals surface area contributed by atoms with Crippen LogP contribution in [0.25, 0.3) is 0 Å². The molecule has 2 heteroatoms. The highest BCUT2D eigenvalue weighted by Crippen LogP contribution is 2.30. The number of hydrogen-bond acceptors (Lipinski definition) is 2. The summed E-state index contributed by atoms with van der Waals surface area (Å²) in [6.45, 7) is 10.6. The molecule has 2 atom stereocenters. The van der Waals surface area contributed by atoms with Crippen molar-refractivity contribution < 1.29 is 0 Å². The first-order chi connectivity index (χ1) is 9.15. The minimum absolute atomic E-state index is 0.635. The Hall–Kier alpha value is -1.02. The number of nitrogens with zero attached hydrogens (tertiary/aromatic N) is 2. The molecule has 2 saturated heterocycles. The summed E-state index contributed by atoms with van der Waals surface area (Å²) < 4.78 is 0. The third-order valence-corrected chi connectivity index (χ3v) is 4.85. The molecule has 0 saturated carbocycles. The summed E-state index contributed by atoms with van der Waals surface area (Å²) in [7, 11) is 0. The maximum absolute atomic E-state index is 2.72. The van der Waals surface area contributed by atoms with E-state index in [4.69, 9.17) is 0 Å². The van der Waals surface area contributed by atoms with Gasteiger partial charge in [0.05, 0.1) is 0 Å². The zero-order valence-electron chi connectivity index (χ0n) is 12.5. The van der Waals surface area contributed by atoms with Crippen LogP contribution in [0.1, 0.15) is 37.3 Å². The Morgan fingerprint density at radius 2 is 1.95 bits per heavy atom. The fraction of sp³-hybridized carbons (Fsp3) is 0.647. The average molecular weight is 258 g/mol. The Kier molecular flexibility index (Phi) is 3.53. The second-order valence-corrected chi connectivity index (χ2v) is 6.44. The number of rotatable bonds is 1. The van der Waals surface area contributed by atoms with Gasteiger partial charge in [0.1, 0.15) is 0 Å². The predicted octanol–water partition coefficient (Wildman–Crippen LogP) is 3.37. The lowest BCUT2D eigenvalue weighted by Gasteiger charge is -2.48. The van der Waals surface area contributed by atoms with Crippen LogP contribution in [0.3, 0.4) is 0 Å². The molecule has 2 unspecified atom stereocenters. The van der Waals surface area contributed by atoms with Crippen LogP contribution in [-0.4, -0.2) is 36.6 Å². The van der Waals surface area contributed by atoms with Gasteiger partial charge in [0.15, 0.2) is 0 Å². The molecular formula is C17H26N2. The summed E-state index contributed by atoms with van der Waals surface area (Å²) in [5.41, 5.74) is 4.24. The van der Waals surface area contributed by atoms with Crippen molar-refractivity contribution in [3.63, 3.8) is 0 Å². The van der Waals surface area contributed by atoms with E-state index in [0.29, 0.717) is 6.04 Å². The molecule has 2 aliphatic heterocycles. The van der Waals surface area contributed by atoms with Crippen molar-refractivity contribution in [2.24, 2.45) is 0 Å². The van der Waals surface area contributed by atoms with Gasteiger partial charge in [0.2, 0.25) is 0 Å². The normalized spacial score (nSPS) is 28.3. The number of piperidine rings is 1. The fourth-order valence-electron chi connectivity index (χ4n) is 3.82. The van der Waals surface area contributed by atoms with Gasteiger partial charge in [-0.1, -0.05) is 24.1 Å². The molecule has 0 aliphatic carbocycles. The van der Waals surface area contributed by atoms with Crippen molar-refractivity contribution in [1.82, 2.24) is 4.90 Å². The van der Waals surface area contributed by atoms with Gasteiger partial charge in [0, 0.05) is 30.9 Å². The van der Waals surface area contributed by atoms with Gasteiger partial charge in [-0.25, -0.2) is 0 Å². The Balaban J connectivity index is 1.83. The van der Waals surface area contributed by atoms with Crippen LogP contribution in [0, 0.1) is 13.8 Å². The van der Waals surface area contributed by atoms with Crippen LogP contribution < -0.4 is 4.90 Å². The molecule has 2 nitrogen and oxygen atoms in total. The number of aryl methyl sites for hydroxylation is 2. The van der Waals surface area contributed by atoms with Crippen molar-refractivity contribution >= 4 is 5.69 Å². The standard InChI is InChI=1S/C17H26N2/c1-13-7-8-17(14(2)10-13)19-12-16-6-4-5-9-18(16)11-15(19)3/h7-8,10,15-16H,4-6,9,11-12H2,1-3H3. The predicted molar refractivity (Wildman–Crippen MR) is 81.9 cm³/mol. The quantitative estimate of drug-likeness (QED) is 0.762. The monoisotopic (exact) mass is 258 g/mol. The van der Waals surface area contributed by atoms with E-state index < -0.39 is 0 Å². The van der Waals surface area contributed by atoms with E-state index in [2.05, 4.69) is 48.8 Å². The molecule has 0 N–H and O–H groups in total. The molecule has 0 radical (unpaired) electrons. The van der Waals surface area contributed by atoms with Gasteiger partial charge in [-0.15, -0.1) is 0 Å². The summed E-state index contributed by atoms with van der Waals surface area (Å²) >= 11 is 0. The number of piperazine rings is 1. The van der Waals surface area contributed by atoms with Gasteiger partial charge in [0.25, 0.3) is 0 Å². The lowest BCUT2D eigenvalue weighted by molar-refractivity contribution is 0.115. The lowest BCUT2D eigenvalue weighted by Crippen LogP contribution is -2.59. The molecule has 0 bridgehead atoms. The molecule has 19 heavy (non-hydrogen) atoms. The average Bonchev–Trinajstić information content (AvgIpc) is 2.38. The van der Waals surface area contributed by atoms with Crippen LogP contribution in [0.15, 0.2) is 18.2 Å². The van der Waals surface area contributed by atoms with E-state index in [1.807, 2.05) is 0 Å². The Morgan fingerprint density at radius 3 is 2.74 bits per heavy atom. The molecule has 2 fully saturated rings. The molecule has 2 aliphatic rings. The van der Waals surface area contributed by atoms with Crippen LogP contribution in [0.5, 0.6) is 0 Å². The summed E-state index contributed by atoms with van der Waals surface area (Å²) in [6, 6.07) is 8.30. The van der Waals surface area contributed by atoms with Gasteiger partial charge < -0.3 is 4.90 Å². The first-order valence-electron chi connectivity index (χ1n) is 7.73. The van der Waals surface area contributed by atoms with Crippen LogP contribution in [0.2, 0.25) is 0 Å². The first kappa shape index (κ1) is 13.0. The second kappa shape index (κ2) is 5.16. The third kappa shape index (κ3) is 2.51. The van der Waals surface area contributed by atoms with E-state index >= 15 is 0 Å². The smallest absolute Gasteiger partial charge is 0.0399 e. The van der Waals surface area contributed by atoms with E-state index in [0.717, 1.165) is 6.04 Å². The highest BCUT2D eigenvalue weighted by Gasteiger charge is 2.33. The molecule has 3 rings (SSSR count). The molecule has 0 aromatic heterocycles. The zero-order valence-corrected chi connectivity index (χ0v) is 12.5. The summed E-state index contributed by atoms with van der Waals surface area (Å²) in [5.74, 6) is 0. The lowest BCUT2D eigenvalue weighted by atomic mass is 9.96. The van der Waals surface area contributed by atoms with Gasteiger partial charge in [-0.2, -0.15) is 0 Å². The maximum atomic E-state index is 2.72. The zero-order chi connectivity index (χ0) is 13.4. The topological polar surface area (TPSA) is 6.48 Å². The molecular weight excluding hydrogens is 232 g/mol. The minimum atomic E-state index is 0.635. The maximum Gasteiger partial charge on any atom is 0.0399 e. The van der Waals surface area contributed by atoms with Gasteiger partial charge in [-0.3, -0.25) is 4.90 Å².